The highest BCUT2D eigenvalue weighted by Gasteiger charge is 2.44. The molecule has 0 aliphatic heterocycles. The third-order valence-electron chi connectivity index (χ3n) is 7.94. The number of hydrogen-bond donors (Lipinski definition) is 0. The third-order valence-corrected chi connectivity index (χ3v) is 13.2. The molecule has 0 bridgehead atoms. The van der Waals surface area contributed by atoms with Crippen molar-refractivity contribution in [1.29, 1.82) is 0 Å². The van der Waals surface area contributed by atoms with E-state index in [1.54, 1.807) is 32.1 Å². The lowest BCUT2D eigenvalue weighted by atomic mass is 10.0. The van der Waals surface area contributed by atoms with Crippen LogP contribution in [0.15, 0.2) is 0 Å². The Balaban J connectivity index is 1.67. The van der Waals surface area contributed by atoms with E-state index in [1.807, 2.05) is 0 Å². The molecule has 2 saturated carbocycles. The molecule has 0 aromatic rings. The number of unbranched alkanes of at least 4 members (excludes halogenated alkanes) is 3. The second-order valence-electron chi connectivity index (χ2n) is 11.5. The van der Waals surface area contributed by atoms with Crippen LogP contribution in [0.4, 0.5) is 0 Å². The van der Waals surface area contributed by atoms with Crippen molar-refractivity contribution in [2.45, 2.75) is 141 Å². The van der Waals surface area contributed by atoms with Crippen LogP contribution >= 0.6 is 0 Å². The molecule has 0 radical (unpaired) electrons. The van der Waals surface area contributed by atoms with Gasteiger partial charge in [0, 0.05) is 6.61 Å². The molecule has 2 aliphatic carbocycles. The first-order valence-electron chi connectivity index (χ1n) is 12.4. The molecule has 0 aromatic carbocycles. The molecule has 0 heterocycles. The van der Waals surface area contributed by atoms with Crippen molar-refractivity contribution in [2.75, 3.05) is 6.61 Å². The van der Waals surface area contributed by atoms with Crippen LogP contribution in [0.1, 0.15) is 111 Å². The van der Waals surface area contributed by atoms with Gasteiger partial charge in [-0.1, -0.05) is 84.2 Å². The highest BCUT2D eigenvalue weighted by molar-refractivity contribution is 6.80. The SMILES string of the molecule is CCCCCC1CCC([Si](C)(C)C2CCC(CCCCOC(C)(C)C)C2)C1. The van der Waals surface area contributed by atoms with Crippen LogP contribution in [-0.4, -0.2) is 20.3 Å². The van der Waals surface area contributed by atoms with Crippen molar-refractivity contribution < 1.29 is 4.74 Å². The lowest BCUT2D eigenvalue weighted by Gasteiger charge is -2.36. The maximum absolute atomic E-state index is 5.89. The Labute approximate surface area is 172 Å². The monoisotopic (exact) mass is 394 g/mol. The van der Waals surface area contributed by atoms with E-state index in [4.69, 9.17) is 4.74 Å². The van der Waals surface area contributed by atoms with Crippen molar-refractivity contribution in [3.8, 4) is 0 Å². The first-order chi connectivity index (χ1) is 12.7. The highest BCUT2D eigenvalue weighted by Crippen LogP contribution is 2.53. The summed E-state index contributed by atoms with van der Waals surface area (Å²) in [7, 11) is -1.07. The molecule has 2 rings (SSSR count). The molecule has 2 fully saturated rings. The fourth-order valence-corrected chi connectivity index (χ4v) is 10.3. The Morgan fingerprint density at radius 3 is 1.78 bits per heavy atom. The van der Waals surface area contributed by atoms with Gasteiger partial charge in [-0.25, -0.2) is 0 Å². The number of hydrogen-bond acceptors (Lipinski definition) is 1. The first kappa shape index (κ1) is 23.5. The predicted molar refractivity (Wildman–Crippen MR) is 123 cm³/mol. The Bertz CT molecular complexity index is 411. The number of ether oxygens (including phenoxy) is 1. The Hall–Kier alpha value is 0.177. The van der Waals surface area contributed by atoms with Gasteiger partial charge in [0.05, 0.1) is 13.7 Å². The van der Waals surface area contributed by atoms with Gasteiger partial charge in [-0.2, -0.15) is 0 Å². The topological polar surface area (TPSA) is 9.23 Å². The average Bonchev–Trinajstić information content (AvgIpc) is 3.24. The molecule has 2 heteroatoms. The van der Waals surface area contributed by atoms with Crippen LogP contribution in [-0.2, 0) is 4.74 Å². The van der Waals surface area contributed by atoms with Crippen molar-refractivity contribution in [3.05, 3.63) is 0 Å². The second-order valence-corrected chi connectivity index (χ2v) is 16.8. The Morgan fingerprint density at radius 2 is 1.30 bits per heavy atom. The summed E-state index contributed by atoms with van der Waals surface area (Å²) in [4.78, 5) is 0. The molecule has 4 atom stereocenters. The Kier molecular flexibility index (Phi) is 9.39. The lowest BCUT2D eigenvalue weighted by molar-refractivity contribution is -0.00500. The zero-order valence-corrected chi connectivity index (χ0v) is 20.6. The summed E-state index contributed by atoms with van der Waals surface area (Å²) in [5.74, 6) is 2.10. The van der Waals surface area contributed by atoms with Crippen molar-refractivity contribution >= 4 is 8.07 Å². The molecule has 160 valence electrons. The fourth-order valence-electron chi connectivity index (χ4n) is 5.96. The summed E-state index contributed by atoms with van der Waals surface area (Å²) >= 11 is 0. The van der Waals surface area contributed by atoms with Crippen LogP contribution in [0.5, 0.6) is 0 Å². The van der Waals surface area contributed by atoms with Crippen LogP contribution < -0.4 is 0 Å². The van der Waals surface area contributed by atoms with Crippen LogP contribution in [0, 0.1) is 11.8 Å². The van der Waals surface area contributed by atoms with Gasteiger partial charge in [-0.3, -0.25) is 0 Å². The Morgan fingerprint density at radius 1 is 0.778 bits per heavy atom. The van der Waals surface area contributed by atoms with Gasteiger partial charge in [0.25, 0.3) is 0 Å². The second kappa shape index (κ2) is 10.8. The van der Waals surface area contributed by atoms with E-state index < -0.39 is 8.07 Å². The first-order valence-corrected chi connectivity index (χ1v) is 15.5. The summed E-state index contributed by atoms with van der Waals surface area (Å²) in [5.41, 5.74) is 2.28. The van der Waals surface area contributed by atoms with E-state index >= 15 is 0 Å². The lowest BCUT2D eigenvalue weighted by Crippen LogP contribution is -2.36. The molecule has 1 nitrogen and oxygen atoms in total. The number of rotatable bonds is 11. The minimum Gasteiger partial charge on any atom is -0.376 e. The van der Waals surface area contributed by atoms with Crippen molar-refractivity contribution in [1.82, 2.24) is 0 Å². The van der Waals surface area contributed by atoms with Crippen LogP contribution in [0.2, 0.25) is 24.2 Å². The van der Waals surface area contributed by atoms with Crippen molar-refractivity contribution in [3.63, 3.8) is 0 Å². The normalized spacial score (nSPS) is 29.6. The van der Waals surface area contributed by atoms with E-state index in [2.05, 4.69) is 40.8 Å². The van der Waals surface area contributed by atoms with Crippen LogP contribution in [0.3, 0.4) is 0 Å². The summed E-state index contributed by atoms with van der Waals surface area (Å²) in [6, 6.07) is 0. The van der Waals surface area contributed by atoms with E-state index in [9.17, 15) is 0 Å². The van der Waals surface area contributed by atoms with Gasteiger partial charge < -0.3 is 4.74 Å². The standard InChI is InChI=1S/C25H50OSi/c1-7-8-9-12-21-14-16-23(19-21)27(5,6)24-17-15-22(20-24)13-10-11-18-26-25(2,3)4/h21-24H,7-20H2,1-6H3. The fraction of sp³-hybridized carbons (Fsp3) is 1.00. The molecule has 0 saturated heterocycles. The van der Waals surface area contributed by atoms with E-state index in [0.29, 0.717) is 0 Å². The molecular formula is C25H50OSi. The summed E-state index contributed by atoms with van der Waals surface area (Å²) in [6.45, 7) is 15.3. The molecule has 0 aromatic heterocycles. The zero-order valence-electron chi connectivity index (χ0n) is 19.6. The van der Waals surface area contributed by atoms with Crippen LogP contribution in [0.25, 0.3) is 0 Å². The minimum atomic E-state index is -1.07. The minimum absolute atomic E-state index is 0.0315. The quantitative estimate of drug-likeness (QED) is 0.252. The predicted octanol–water partition coefficient (Wildman–Crippen LogP) is 8.60. The maximum atomic E-state index is 5.89. The summed E-state index contributed by atoms with van der Waals surface area (Å²) in [5, 5.41) is 0. The van der Waals surface area contributed by atoms with E-state index in [0.717, 1.165) is 29.5 Å². The molecule has 4 unspecified atom stereocenters. The van der Waals surface area contributed by atoms with E-state index in [-0.39, 0.29) is 5.60 Å². The van der Waals surface area contributed by atoms with Crippen molar-refractivity contribution in [2.24, 2.45) is 11.8 Å². The molecule has 0 N–H and O–H groups in total. The van der Waals surface area contributed by atoms with Gasteiger partial charge in [-0.05, 0) is 63.0 Å². The average molecular weight is 395 g/mol. The summed E-state index contributed by atoms with van der Waals surface area (Å²) < 4.78 is 5.89. The van der Waals surface area contributed by atoms with Gasteiger partial charge >= 0.3 is 0 Å². The van der Waals surface area contributed by atoms with E-state index in [1.165, 1.54) is 51.4 Å². The molecular weight excluding hydrogens is 344 g/mol. The third kappa shape index (κ3) is 7.84. The zero-order chi connectivity index (χ0) is 19.9. The van der Waals surface area contributed by atoms with Gasteiger partial charge in [0.1, 0.15) is 0 Å². The summed E-state index contributed by atoms with van der Waals surface area (Å²) in [6.07, 6.45) is 19.3. The maximum Gasteiger partial charge on any atom is 0.0598 e. The highest BCUT2D eigenvalue weighted by atomic mass is 28.3. The van der Waals surface area contributed by atoms with Gasteiger partial charge in [0.15, 0.2) is 0 Å². The smallest absolute Gasteiger partial charge is 0.0598 e. The molecule has 0 spiro atoms. The molecule has 0 amide bonds. The molecule has 2 aliphatic rings. The van der Waals surface area contributed by atoms with Gasteiger partial charge in [0.2, 0.25) is 0 Å². The molecule has 27 heavy (non-hydrogen) atoms. The largest absolute Gasteiger partial charge is 0.376 e. The van der Waals surface area contributed by atoms with Gasteiger partial charge in [-0.15, -0.1) is 0 Å².